The molecule has 0 spiro atoms. The average molecular weight is 362 g/mol. The zero-order valence-corrected chi connectivity index (χ0v) is 14.5. The van der Waals surface area contributed by atoms with Crippen molar-refractivity contribution < 1.29 is 4.79 Å². The minimum absolute atomic E-state index is 0.0805. The van der Waals surface area contributed by atoms with E-state index in [-0.39, 0.29) is 17.3 Å². The first kappa shape index (κ1) is 16.7. The van der Waals surface area contributed by atoms with Gasteiger partial charge in [0.2, 0.25) is 5.56 Å². The van der Waals surface area contributed by atoms with E-state index in [0.29, 0.717) is 12.0 Å². The number of ketones is 1. The summed E-state index contributed by atoms with van der Waals surface area (Å²) in [4.78, 5) is 23.9. The Kier molecular flexibility index (Phi) is 5.72. The third-order valence-corrected chi connectivity index (χ3v) is 4.35. The van der Waals surface area contributed by atoms with Crippen LogP contribution in [0, 0.1) is 0 Å². The highest BCUT2D eigenvalue weighted by Gasteiger charge is 2.17. The van der Waals surface area contributed by atoms with Gasteiger partial charge in [0.25, 0.3) is 0 Å². The Morgan fingerprint density at radius 3 is 2.45 bits per heavy atom. The van der Waals surface area contributed by atoms with Crippen molar-refractivity contribution in [2.24, 2.45) is 7.05 Å². The highest BCUT2D eigenvalue weighted by molar-refractivity contribution is 9.10. The Labute approximate surface area is 139 Å². The van der Waals surface area contributed by atoms with E-state index in [1.54, 1.807) is 19.3 Å². The molecule has 1 aromatic carbocycles. The molecular formula is C18H20BrNO2. The van der Waals surface area contributed by atoms with E-state index in [9.17, 15) is 9.59 Å². The van der Waals surface area contributed by atoms with Crippen LogP contribution >= 0.6 is 15.9 Å². The number of aryl methyl sites for hydroxylation is 1. The van der Waals surface area contributed by atoms with Crippen LogP contribution in [0.5, 0.6) is 0 Å². The first-order valence-electron chi connectivity index (χ1n) is 7.46. The van der Waals surface area contributed by atoms with Gasteiger partial charge < -0.3 is 4.57 Å². The molecule has 0 aliphatic rings. The number of halogens is 1. The first-order valence-corrected chi connectivity index (χ1v) is 8.26. The predicted octanol–water partition coefficient (Wildman–Crippen LogP) is 4.30. The summed E-state index contributed by atoms with van der Waals surface area (Å²) in [6.07, 6.45) is 4.09. The Hall–Kier alpha value is -1.68. The van der Waals surface area contributed by atoms with Crippen molar-refractivity contribution in [3.63, 3.8) is 0 Å². The molecule has 2 aromatic rings. The molecule has 0 radical (unpaired) electrons. The van der Waals surface area contributed by atoms with Gasteiger partial charge in [-0.15, -0.1) is 0 Å². The molecule has 0 amide bonds. The smallest absolute Gasteiger partial charge is 0.250 e. The van der Waals surface area contributed by atoms with Gasteiger partial charge in [0.15, 0.2) is 5.78 Å². The Morgan fingerprint density at radius 2 is 1.86 bits per heavy atom. The fourth-order valence-electron chi connectivity index (χ4n) is 2.57. The Bertz CT molecular complexity index is 704. The maximum atomic E-state index is 12.5. The standard InChI is InChI=1S/C18H20BrNO2/c1-3-4-14(13-5-8-16(19)9-6-13)11-17(21)15-7-10-18(22)20(2)12-15/h5-10,12,14H,3-4,11H2,1-2H3. The van der Waals surface area contributed by atoms with E-state index in [1.807, 2.05) is 12.1 Å². The quantitative estimate of drug-likeness (QED) is 0.719. The number of Topliss-reactive ketones (excluding diaryl/α,β-unsaturated/α-hetero) is 1. The summed E-state index contributed by atoms with van der Waals surface area (Å²) in [6, 6.07) is 11.2. The Morgan fingerprint density at radius 1 is 1.18 bits per heavy atom. The number of carbonyl (C=O) groups is 1. The van der Waals surface area contributed by atoms with E-state index in [2.05, 4.69) is 35.0 Å². The molecule has 1 atom stereocenters. The topological polar surface area (TPSA) is 39.1 Å². The van der Waals surface area contributed by atoms with Crippen molar-refractivity contribution in [2.75, 3.05) is 0 Å². The van der Waals surface area contributed by atoms with Crippen LogP contribution in [0.2, 0.25) is 0 Å². The van der Waals surface area contributed by atoms with E-state index in [1.165, 1.54) is 16.2 Å². The second-order valence-corrected chi connectivity index (χ2v) is 6.45. The highest BCUT2D eigenvalue weighted by Crippen LogP contribution is 2.27. The molecule has 116 valence electrons. The molecule has 0 N–H and O–H groups in total. The van der Waals surface area contributed by atoms with Crippen LogP contribution in [0.15, 0.2) is 51.9 Å². The first-order chi connectivity index (χ1) is 10.5. The van der Waals surface area contributed by atoms with Gasteiger partial charge in [-0.25, -0.2) is 0 Å². The zero-order chi connectivity index (χ0) is 16.1. The highest BCUT2D eigenvalue weighted by atomic mass is 79.9. The molecule has 1 unspecified atom stereocenters. The van der Waals surface area contributed by atoms with E-state index >= 15 is 0 Å². The predicted molar refractivity (Wildman–Crippen MR) is 92.4 cm³/mol. The monoisotopic (exact) mass is 361 g/mol. The fraction of sp³-hybridized carbons (Fsp3) is 0.333. The molecule has 0 saturated carbocycles. The number of benzene rings is 1. The van der Waals surface area contributed by atoms with E-state index in [4.69, 9.17) is 0 Å². The van der Waals surface area contributed by atoms with Gasteiger partial charge >= 0.3 is 0 Å². The van der Waals surface area contributed by atoms with Crippen LogP contribution in [0.3, 0.4) is 0 Å². The maximum Gasteiger partial charge on any atom is 0.250 e. The molecular weight excluding hydrogens is 342 g/mol. The van der Waals surface area contributed by atoms with Gasteiger partial charge in [0, 0.05) is 35.8 Å². The summed E-state index contributed by atoms with van der Waals surface area (Å²) >= 11 is 3.44. The van der Waals surface area contributed by atoms with Gasteiger partial charge in [-0.1, -0.05) is 41.4 Å². The van der Waals surface area contributed by atoms with Crippen molar-refractivity contribution in [1.29, 1.82) is 0 Å². The third kappa shape index (κ3) is 4.17. The summed E-state index contributed by atoms with van der Waals surface area (Å²) < 4.78 is 2.48. The minimum Gasteiger partial charge on any atom is -0.318 e. The van der Waals surface area contributed by atoms with Gasteiger partial charge in [-0.2, -0.15) is 0 Å². The van der Waals surface area contributed by atoms with Crippen molar-refractivity contribution in [2.45, 2.75) is 32.1 Å². The molecule has 22 heavy (non-hydrogen) atoms. The molecule has 3 nitrogen and oxygen atoms in total. The van der Waals surface area contributed by atoms with Gasteiger partial charge in [0.1, 0.15) is 0 Å². The van der Waals surface area contributed by atoms with Gasteiger partial charge in [-0.3, -0.25) is 9.59 Å². The third-order valence-electron chi connectivity index (χ3n) is 3.82. The normalized spacial score (nSPS) is 12.1. The summed E-state index contributed by atoms with van der Waals surface area (Å²) in [7, 11) is 1.66. The second-order valence-electron chi connectivity index (χ2n) is 5.53. The molecule has 0 fully saturated rings. The van der Waals surface area contributed by atoms with Gasteiger partial charge in [0.05, 0.1) is 0 Å². The van der Waals surface area contributed by atoms with Crippen LogP contribution in [-0.4, -0.2) is 10.4 Å². The van der Waals surface area contributed by atoms with Gasteiger partial charge in [-0.05, 0) is 36.1 Å². The lowest BCUT2D eigenvalue weighted by Crippen LogP contribution is -2.17. The number of nitrogens with zero attached hydrogens (tertiary/aromatic N) is 1. The fourth-order valence-corrected chi connectivity index (χ4v) is 2.83. The zero-order valence-electron chi connectivity index (χ0n) is 12.9. The summed E-state index contributed by atoms with van der Waals surface area (Å²) in [5.74, 6) is 0.291. The molecule has 4 heteroatoms. The van der Waals surface area contributed by atoms with Crippen LogP contribution in [0.25, 0.3) is 0 Å². The van der Waals surface area contributed by atoms with Crippen molar-refractivity contribution in [1.82, 2.24) is 4.57 Å². The SMILES string of the molecule is CCCC(CC(=O)c1ccc(=O)n(C)c1)c1ccc(Br)cc1. The molecule has 1 aromatic heterocycles. The van der Waals surface area contributed by atoms with Crippen LogP contribution in [-0.2, 0) is 7.05 Å². The largest absolute Gasteiger partial charge is 0.318 e. The van der Waals surface area contributed by atoms with Crippen molar-refractivity contribution >= 4 is 21.7 Å². The van der Waals surface area contributed by atoms with Crippen molar-refractivity contribution in [3.8, 4) is 0 Å². The molecule has 0 aliphatic heterocycles. The lowest BCUT2D eigenvalue weighted by molar-refractivity contribution is 0.0971. The van der Waals surface area contributed by atoms with Crippen LogP contribution in [0.4, 0.5) is 0 Å². The number of aromatic nitrogens is 1. The maximum absolute atomic E-state index is 12.5. The molecule has 0 aliphatic carbocycles. The lowest BCUT2D eigenvalue weighted by Gasteiger charge is -2.16. The number of rotatable bonds is 6. The molecule has 0 saturated heterocycles. The number of hydrogen-bond acceptors (Lipinski definition) is 2. The minimum atomic E-state index is -0.102. The molecule has 1 heterocycles. The van der Waals surface area contributed by atoms with E-state index < -0.39 is 0 Å². The Balaban J connectivity index is 2.19. The summed E-state index contributed by atoms with van der Waals surface area (Å²) in [6.45, 7) is 2.13. The van der Waals surface area contributed by atoms with Crippen LogP contribution < -0.4 is 5.56 Å². The van der Waals surface area contributed by atoms with Crippen LogP contribution in [0.1, 0.15) is 48.0 Å². The lowest BCUT2D eigenvalue weighted by atomic mass is 9.88. The summed E-state index contributed by atoms with van der Waals surface area (Å²) in [5.41, 5.74) is 1.68. The second kappa shape index (κ2) is 7.54. The number of carbonyl (C=O) groups excluding carboxylic acids is 1. The summed E-state index contributed by atoms with van der Waals surface area (Å²) in [5, 5.41) is 0. The number of pyridine rings is 1. The molecule has 2 rings (SSSR count). The molecule has 0 bridgehead atoms. The van der Waals surface area contributed by atoms with E-state index in [0.717, 1.165) is 17.3 Å². The van der Waals surface area contributed by atoms with Crippen molar-refractivity contribution in [3.05, 3.63) is 68.5 Å². The average Bonchev–Trinajstić information content (AvgIpc) is 2.50. The number of hydrogen-bond donors (Lipinski definition) is 0.